The molecule has 0 aliphatic rings. The molecule has 0 spiro atoms. The molecule has 1 aromatic carbocycles. The van der Waals surface area contributed by atoms with Gasteiger partial charge in [0.25, 0.3) is 5.91 Å². The third-order valence-corrected chi connectivity index (χ3v) is 5.11. The monoisotopic (exact) mass is 367 g/mol. The van der Waals surface area contributed by atoms with Crippen LogP contribution in [0.1, 0.15) is 53.9 Å². The molecule has 136 valence electrons. The van der Waals surface area contributed by atoms with Crippen molar-refractivity contribution in [3.8, 4) is 5.69 Å². The zero-order valence-corrected chi connectivity index (χ0v) is 16.5. The van der Waals surface area contributed by atoms with E-state index in [-0.39, 0.29) is 17.9 Å². The lowest BCUT2D eigenvalue weighted by Crippen LogP contribution is -2.34. The Balaban J connectivity index is 1.82. The van der Waals surface area contributed by atoms with Crippen LogP contribution in [0.5, 0.6) is 0 Å². The average molecular weight is 368 g/mol. The fourth-order valence-corrected chi connectivity index (χ4v) is 3.78. The van der Waals surface area contributed by atoms with Crippen LogP contribution in [0.3, 0.4) is 0 Å². The highest BCUT2D eigenvalue weighted by atomic mass is 32.1. The van der Waals surface area contributed by atoms with Crippen LogP contribution in [0.2, 0.25) is 0 Å². The molecule has 2 aromatic heterocycles. The molecule has 0 bridgehead atoms. The fraction of sp³-hybridized carbons (Fsp3) is 0.333. The van der Waals surface area contributed by atoms with Crippen molar-refractivity contribution < 1.29 is 4.79 Å². The van der Waals surface area contributed by atoms with Crippen molar-refractivity contribution in [3.63, 3.8) is 0 Å². The molecule has 4 nitrogen and oxygen atoms in total. The smallest absolute Gasteiger partial charge is 0.255 e. The molecular weight excluding hydrogens is 342 g/mol. The highest BCUT2D eigenvalue weighted by molar-refractivity contribution is 7.07. The third kappa shape index (κ3) is 4.05. The molecule has 5 heteroatoms. The van der Waals surface area contributed by atoms with E-state index in [1.165, 1.54) is 11.1 Å². The number of benzene rings is 1. The van der Waals surface area contributed by atoms with Crippen LogP contribution in [0, 0.1) is 6.92 Å². The predicted molar refractivity (Wildman–Crippen MR) is 107 cm³/mol. The van der Waals surface area contributed by atoms with Gasteiger partial charge in [-0.2, -0.15) is 16.4 Å². The number of carbonyl (C=O) groups is 1. The number of aryl methyl sites for hydroxylation is 1. The molecule has 0 radical (unpaired) electrons. The number of nitrogens with zero attached hydrogens (tertiary/aromatic N) is 2. The summed E-state index contributed by atoms with van der Waals surface area (Å²) in [6.45, 7) is 8.28. The second-order valence-corrected chi connectivity index (χ2v) is 7.84. The summed E-state index contributed by atoms with van der Waals surface area (Å²) in [5.41, 5.74) is 5.02. The molecule has 0 saturated carbocycles. The number of aromatic nitrogens is 2. The number of carbonyl (C=O) groups excluding carboxylic acids is 1. The zero-order chi connectivity index (χ0) is 18.7. The first-order valence-electron chi connectivity index (χ1n) is 8.92. The average Bonchev–Trinajstić information content (AvgIpc) is 3.24. The van der Waals surface area contributed by atoms with Crippen LogP contribution in [-0.2, 0) is 6.42 Å². The molecule has 1 N–H and O–H groups in total. The summed E-state index contributed by atoms with van der Waals surface area (Å²) in [5, 5.41) is 11.8. The van der Waals surface area contributed by atoms with Gasteiger partial charge in [0.1, 0.15) is 0 Å². The van der Waals surface area contributed by atoms with Crippen LogP contribution >= 0.6 is 11.3 Å². The lowest BCUT2D eigenvalue weighted by molar-refractivity contribution is 0.0938. The van der Waals surface area contributed by atoms with Crippen molar-refractivity contribution in [2.75, 3.05) is 0 Å². The van der Waals surface area contributed by atoms with Gasteiger partial charge >= 0.3 is 0 Å². The van der Waals surface area contributed by atoms with Gasteiger partial charge in [-0.1, -0.05) is 31.5 Å². The van der Waals surface area contributed by atoms with E-state index in [1.54, 1.807) is 17.5 Å². The minimum atomic E-state index is -0.0604. The Morgan fingerprint density at radius 2 is 1.92 bits per heavy atom. The molecule has 0 aliphatic carbocycles. The molecule has 3 aromatic rings. The number of hydrogen-bond acceptors (Lipinski definition) is 3. The molecule has 1 unspecified atom stereocenters. The van der Waals surface area contributed by atoms with Crippen LogP contribution in [0.25, 0.3) is 5.69 Å². The number of nitrogens with one attached hydrogen (secondary N) is 1. The molecule has 0 saturated heterocycles. The lowest BCUT2D eigenvalue weighted by atomic mass is 10.0. The Kier molecular flexibility index (Phi) is 5.57. The first kappa shape index (κ1) is 18.4. The van der Waals surface area contributed by atoms with E-state index in [9.17, 15) is 4.79 Å². The molecular formula is C21H25N3OS. The van der Waals surface area contributed by atoms with E-state index >= 15 is 0 Å². The topological polar surface area (TPSA) is 46.9 Å². The Bertz CT molecular complexity index is 863. The Labute approximate surface area is 158 Å². The summed E-state index contributed by atoms with van der Waals surface area (Å²) in [7, 11) is 0. The number of amides is 1. The van der Waals surface area contributed by atoms with Gasteiger partial charge in [-0.3, -0.25) is 4.79 Å². The molecule has 1 amide bonds. The van der Waals surface area contributed by atoms with Gasteiger partial charge in [0.2, 0.25) is 0 Å². The van der Waals surface area contributed by atoms with Gasteiger partial charge in [-0.15, -0.1) is 0 Å². The zero-order valence-electron chi connectivity index (χ0n) is 15.7. The van der Waals surface area contributed by atoms with Gasteiger partial charge in [-0.25, -0.2) is 4.68 Å². The summed E-state index contributed by atoms with van der Waals surface area (Å²) in [4.78, 5) is 12.8. The van der Waals surface area contributed by atoms with E-state index in [1.807, 2.05) is 23.7 Å². The maximum atomic E-state index is 12.8. The highest BCUT2D eigenvalue weighted by Crippen LogP contribution is 2.23. The second-order valence-electron chi connectivity index (χ2n) is 7.06. The van der Waals surface area contributed by atoms with Crippen molar-refractivity contribution >= 4 is 17.2 Å². The minimum absolute atomic E-state index is 0.0604. The summed E-state index contributed by atoms with van der Waals surface area (Å²) < 4.78 is 1.88. The van der Waals surface area contributed by atoms with Gasteiger partial charge in [-0.05, 0) is 60.7 Å². The van der Waals surface area contributed by atoms with E-state index in [0.717, 1.165) is 17.8 Å². The Morgan fingerprint density at radius 3 is 2.54 bits per heavy atom. The molecule has 26 heavy (non-hydrogen) atoms. The molecule has 3 rings (SSSR count). The van der Waals surface area contributed by atoms with E-state index in [0.29, 0.717) is 5.56 Å². The van der Waals surface area contributed by atoms with E-state index < -0.39 is 0 Å². The first-order valence-corrected chi connectivity index (χ1v) is 9.87. The number of rotatable bonds is 6. The van der Waals surface area contributed by atoms with E-state index in [4.69, 9.17) is 0 Å². The van der Waals surface area contributed by atoms with Crippen LogP contribution < -0.4 is 5.32 Å². The fourth-order valence-electron chi connectivity index (χ4n) is 3.10. The van der Waals surface area contributed by atoms with Gasteiger partial charge in [0.15, 0.2) is 0 Å². The van der Waals surface area contributed by atoms with Gasteiger partial charge < -0.3 is 5.32 Å². The van der Waals surface area contributed by atoms with Crippen LogP contribution in [0.15, 0.2) is 47.3 Å². The van der Waals surface area contributed by atoms with E-state index in [2.05, 4.69) is 60.1 Å². The summed E-state index contributed by atoms with van der Waals surface area (Å²) in [5.74, 6) is 0.126. The van der Waals surface area contributed by atoms with Crippen LogP contribution in [-0.4, -0.2) is 21.7 Å². The first-order chi connectivity index (χ1) is 12.5. The molecule has 0 fully saturated rings. The third-order valence-electron chi connectivity index (χ3n) is 4.38. The second kappa shape index (κ2) is 7.87. The summed E-state index contributed by atoms with van der Waals surface area (Å²) in [6.07, 6.45) is 2.51. The largest absolute Gasteiger partial charge is 0.349 e. The lowest BCUT2D eigenvalue weighted by Gasteiger charge is -2.16. The maximum Gasteiger partial charge on any atom is 0.255 e. The Morgan fingerprint density at radius 1 is 1.19 bits per heavy atom. The number of thiophene rings is 1. The summed E-state index contributed by atoms with van der Waals surface area (Å²) in [6, 6.07) is 10.4. The SMILES string of the molecule is Cc1ccc(-n2ncc(C(=O)NC(C)Cc3ccsc3)c2C(C)C)cc1. The molecule has 2 heterocycles. The standard InChI is InChI=1S/C21H25N3OS/c1-14(2)20-19(12-22-24(20)18-7-5-15(3)6-8-18)21(25)23-16(4)11-17-9-10-26-13-17/h5-10,12-14,16H,11H2,1-4H3,(H,23,25). The Hall–Kier alpha value is -2.40. The summed E-state index contributed by atoms with van der Waals surface area (Å²) >= 11 is 1.68. The number of hydrogen-bond donors (Lipinski definition) is 1. The van der Waals surface area contributed by atoms with Crippen molar-refractivity contribution in [1.29, 1.82) is 0 Å². The molecule has 1 atom stereocenters. The molecule has 0 aliphatic heterocycles. The predicted octanol–water partition coefficient (Wildman–Crippen LogP) is 4.73. The normalized spacial score (nSPS) is 12.3. The van der Waals surface area contributed by atoms with Crippen molar-refractivity contribution in [3.05, 3.63) is 69.7 Å². The van der Waals surface area contributed by atoms with Gasteiger partial charge in [0, 0.05) is 6.04 Å². The maximum absolute atomic E-state index is 12.8. The van der Waals surface area contributed by atoms with Crippen molar-refractivity contribution in [2.45, 2.75) is 46.1 Å². The van der Waals surface area contributed by atoms with Gasteiger partial charge in [0.05, 0.1) is 23.1 Å². The highest BCUT2D eigenvalue weighted by Gasteiger charge is 2.22. The quantitative estimate of drug-likeness (QED) is 0.685. The van der Waals surface area contributed by atoms with Crippen molar-refractivity contribution in [2.24, 2.45) is 0 Å². The van der Waals surface area contributed by atoms with Crippen LogP contribution in [0.4, 0.5) is 0 Å². The van der Waals surface area contributed by atoms with Crippen molar-refractivity contribution in [1.82, 2.24) is 15.1 Å². The minimum Gasteiger partial charge on any atom is -0.349 e.